The van der Waals surface area contributed by atoms with E-state index >= 15 is 0 Å². The van der Waals surface area contributed by atoms with Crippen LogP contribution in [-0.4, -0.2) is 20.7 Å². The first-order chi connectivity index (χ1) is 9.22. The van der Waals surface area contributed by atoms with Crippen molar-refractivity contribution in [3.8, 4) is 5.82 Å². The minimum Gasteiger partial charge on any atom is -0.352 e. The topological polar surface area (TPSA) is 59.8 Å². The smallest absolute Gasteiger partial charge is 0.223 e. The highest BCUT2D eigenvalue weighted by Crippen LogP contribution is 2.10. The van der Waals surface area contributed by atoms with Crippen molar-refractivity contribution in [1.29, 1.82) is 0 Å². The molecule has 0 aromatic carbocycles. The molecule has 1 amide bonds. The second-order valence-corrected chi connectivity index (χ2v) is 4.46. The van der Waals surface area contributed by atoms with E-state index in [0.29, 0.717) is 6.54 Å². The van der Waals surface area contributed by atoms with Gasteiger partial charge in [0.25, 0.3) is 0 Å². The summed E-state index contributed by atoms with van der Waals surface area (Å²) in [6, 6.07) is 5.65. The molecule has 1 atom stereocenters. The lowest BCUT2D eigenvalue weighted by molar-refractivity contribution is -0.124. The van der Waals surface area contributed by atoms with Crippen LogP contribution in [0.2, 0.25) is 0 Å². The molecule has 100 valence electrons. The fourth-order valence-electron chi connectivity index (χ4n) is 1.71. The molecule has 2 heterocycles. The highest BCUT2D eigenvalue weighted by molar-refractivity contribution is 5.78. The summed E-state index contributed by atoms with van der Waals surface area (Å²) in [6.07, 6.45) is 6.10. The van der Waals surface area contributed by atoms with Crippen LogP contribution in [0, 0.1) is 5.92 Å². The number of nitrogens with one attached hydrogen (secondary N) is 1. The van der Waals surface area contributed by atoms with Crippen LogP contribution in [0.5, 0.6) is 0 Å². The van der Waals surface area contributed by atoms with Crippen LogP contribution in [0.3, 0.4) is 0 Å². The Morgan fingerprint density at radius 1 is 1.42 bits per heavy atom. The molecule has 5 heteroatoms. The molecule has 2 rings (SSSR count). The number of amides is 1. The maximum absolute atomic E-state index is 11.8. The van der Waals surface area contributed by atoms with E-state index < -0.39 is 0 Å². The van der Waals surface area contributed by atoms with Gasteiger partial charge in [-0.05, 0) is 18.6 Å². The molecule has 0 aliphatic carbocycles. The summed E-state index contributed by atoms with van der Waals surface area (Å²) in [4.78, 5) is 16.1. The Labute approximate surface area is 112 Å². The Kier molecular flexibility index (Phi) is 4.28. The minimum absolute atomic E-state index is 0.0322. The normalized spacial score (nSPS) is 12.1. The Morgan fingerprint density at radius 2 is 2.26 bits per heavy atom. The van der Waals surface area contributed by atoms with Gasteiger partial charge in [-0.2, -0.15) is 5.10 Å². The molecule has 5 nitrogen and oxygen atoms in total. The second-order valence-electron chi connectivity index (χ2n) is 4.46. The highest BCUT2D eigenvalue weighted by Gasteiger charge is 2.11. The average Bonchev–Trinajstić information content (AvgIpc) is 2.98. The van der Waals surface area contributed by atoms with Crippen molar-refractivity contribution in [3.63, 3.8) is 0 Å². The third-order valence-corrected chi connectivity index (χ3v) is 3.10. The highest BCUT2D eigenvalue weighted by atomic mass is 16.1. The molecule has 0 aliphatic heterocycles. The summed E-state index contributed by atoms with van der Waals surface area (Å²) in [5.41, 5.74) is 0.947. The molecule has 0 bridgehead atoms. The predicted octanol–water partition coefficient (Wildman–Crippen LogP) is 1.93. The number of pyridine rings is 1. The molecule has 0 fully saturated rings. The molecule has 0 saturated carbocycles. The Hall–Kier alpha value is -2.17. The van der Waals surface area contributed by atoms with Crippen molar-refractivity contribution < 1.29 is 4.79 Å². The zero-order valence-electron chi connectivity index (χ0n) is 11.2. The molecule has 2 aromatic heterocycles. The van der Waals surface area contributed by atoms with Crippen molar-refractivity contribution in [3.05, 3.63) is 42.4 Å². The number of hydrogen-bond donors (Lipinski definition) is 1. The van der Waals surface area contributed by atoms with Crippen molar-refractivity contribution in [2.75, 3.05) is 0 Å². The number of aromatic nitrogens is 3. The van der Waals surface area contributed by atoms with Gasteiger partial charge in [-0.1, -0.05) is 19.9 Å². The zero-order chi connectivity index (χ0) is 13.7. The van der Waals surface area contributed by atoms with Crippen LogP contribution < -0.4 is 5.32 Å². The molecule has 0 aliphatic rings. The Balaban J connectivity index is 2.11. The molecular weight excluding hydrogens is 240 g/mol. The summed E-state index contributed by atoms with van der Waals surface area (Å²) in [5, 5.41) is 7.10. The van der Waals surface area contributed by atoms with E-state index in [0.717, 1.165) is 17.8 Å². The monoisotopic (exact) mass is 258 g/mol. The Bertz CT molecular complexity index is 536. The van der Waals surface area contributed by atoms with E-state index in [2.05, 4.69) is 15.4 Å². The Morgan fingerprint density at radius 3 is 2.95 bits per heavy atom. The second kappa shape index (κ2) is 6.13. The first-order valence-electron chi connectivity index (χ1n) is 6.44. The maximum Gasteiger partial charge on any atom is 0.223 e. The van der Waals surface area contributed by atoms with Gasteiger partial charge in [0.05, 0.1) is 0 Å². The first-order valence-corrected chi connectivity index (χ1v) is 6.44. The van der Waals surface area contributed by atoms with E-state index in [1.54, 1.807) is 17.1 Å². The fourth-order valence-corrected chi connectivity index (χ4v) is 1.71. The number of carbonyl (C=O) groups is 1. The molecular formula is C14H18N4O. The molecule has 2 aromatic rings. The van der Waals surface area contributed by atoms with Crippen LogP contribution in [0.4, 0.5) is 0 Å². The van der Waals surface area contributed by atoms with Crippen LogP contribution in [-0.2, 0) is 11.3 Å². The lowest BCUT2D eigenvalue weighted by atomic mass is 10.1. The summed E-state index contributed by atoms with van der Waals surface area (Å²) >= 11 is 0. The fraction of sp³-hybridized carbons (Fsp3) is 0.357. The quantitative estimate of drug-likeness (QED) is 0.891. The van der Waals surface area contributed by atoms with Crippen LogP contribution in [0.1, 0.15) is 25.8 Å². The van der Waals surface area contributed by atoms with E-state index in [-0.39, 0.29) is 11.8 Å². The third kappa shape index (κ3) is 3.19. The molecule has 19 heavy (non-hydrogen) atoms. The van der Waals surface area contributed by atoms with Crippen LogP contribution >= 0.6 is 0 Å². The van der Waals surface area contributed by atoms with Crippen molar-refractivity contribution in [1.82, 2.24) is 20.1 Å². The SMILES string of the molecule is CC[C@H](C)C(=O)NCc1cccnc1-n1cccn1. The summed E-state index contributed by atoms with van der Waals surface area (Å²) in [5.74, 6) is 0.847. The minimum atomic E-state index is 0.0322. The van der Waals surface area contributed by atoms with E-state index in [1.165, 1.54) is 0 Å². The number of rotatable bonds is 5. The maximum atomic E-state index is 11.8. The van der Waals surface area contributed by atoms with Crippen molar-refractivity contribution >= 4 is 5.91 Å². The average molecular weight is 258 g/mol. The van der Waals surface area contributed by atoms with Gasteiger partial charge < -0.3 is 5.32 Å². The van der Waals surface area contributed by atoms with Crippen LogP contribution in [0.15, 0.2) is 36.8 Å². The molecule has 1 N–H and O–H groups in total. The van der Waals surface area contributed by atoms with Crippen molar-refractivity contribution in [2.45, 2.75) is 26.8 Å². The molecule has 0 radical (unpaired) electrons. The number of carbonyl (C=O) groups excluding carboxylic acids is 1. The lowest BCUT2D eigenvalue weighted by Crippen LogP contribution is -2.28. The van der Waals surface area contributed by atoms with Gasteiger partial charge in [0.15, 0.2) is 5.82 Å². The molecule has 0 spiro atoms. The molecule has 0 saturated heterocycles. The van der Waals surface area contributed by atoms with Crippen LogP contribution in [0.25, 0.3) is 5.82 Å². The van der Waals surface area contributed by atoms with Gasteiger partial charge in [0.2, 0.25) is 5.91 Å². The summed E-state index contributed by atoms with van der Waals surface area (Å²) in [6.45, 7) is 4.39. The van der Waals surface area contributed by atoms with Gasteiger partial charge in [0, 0.05) is 36.6 Å². The van der Waals surface area contributed by atoms with Gasteiger partial charge >= 0.3 is 0 Å². The standard InChI is InChI=1S/C14H18N4O/c1-3-11(2)14(19)16-10-12-6-4-7-15-13(12)18-9-5-8-17-18/h4-9,11H,3,10H2,1-2H3,(H,16,19)/t11-/m0/s1. The lowest BCUT2D eigenvalue weighted by Gasteiger charge is -2.12. The summed E-state index contributed by atoms with van der Waals surface area (Å²) in [7, 11) is 0. The van der Waals surface area contributed by atoms with E-state index in [9.17, 15) is 4.79 Å². The van der Waals surface area contributed by atoms with Crippen molar-refractivity contribution in [2.24, 2.45) is 5.92 Å². The number of nitrogens with zero attached hydrogens (tertiary/aromatic N) is 3. The predicted molar refractivity (Wildman–Crippen MR) is 72.7 cm³/mol. The summed E-state index contributed by atoms with van der Waals surface area (Å²) < 4.78 is 1.70. The molecule has 0 unspecified atom stereocenters. The number of hydrogen-bond acceptors (Lipinski definition) is 3. The largest absolute Gasteiger partial charge is 0.352 e. The van der Waals surface area contributed by atoms with Gasteiger partial charge in [-0.3, -0.25) is 4.79 Å². The van der Waals surface area contributed by atoms with E-state index in [1.807, 2.05) is 38.2 Å². The van der Waals surface area contributed by atoms with Gasteiger partial charge in [-0.15, -0.1) is 0 Å². The van der Waals surface area contributed by atoms with E-state index in [4.69, 9.17) is 0 Å². The first kappa shape index (κ1) is 13.3. The third-order valence-electron chi connectivity index (χ3n) is 3.10. The van der Waals surface area contributed by atoms with Gasteiger partial charge in [-0.25, -0.2) is 9.67 Å². The van der Waals surface area contributed by atoms with Gasteiger partial charge in [0.1, 0.15) is 0 Å². The zero-order valence-corrected chi connectivity index (χ0v) is 11.2.